The normalized spacial score (nSPS) is 18.8. The van der Waals surface area contributed by atoms with E-state index in [-0.39, 0.29) is 22.5 Å². The molecule has 8 heteroatoms. The lowest BCUT2D eigenvalue weighted by Gasteiger charge is -2.12. The number of carbonyl (C=O) groups is 1. The highest BCUT2D eigenvalue weighted by Gasteiger charge is 2.18. The van der Waals surface area contributed by atoms with Crippen LogP contribution in [0.3, 0.4) is 0 Å². The molecule has 0 aromatic carbocycles. The van der Waals surface area contributed by atoms with E-state index in [0.717, 1.165) is 19.4 Å². The third-order valence-corrected chi connectivity index (χ3v) is 3.07. The molecular weight excluding hydrogens is 256 g/mol. The number of aromatic nitrogens is 2. The van der Waals surface area contributed by atoms with Gasteiger partial charge in [0.1, 0.15) is 0 Å². The van der Waals surface area contributed by atoms with E-state index in [1.165, 1.54) is 0 Å². The van der Waals surface area contributed by atoms with Crippen LogP contribution in [0, 0.1) is 0 Å². The van der Waals surface area contributed by atoms with Crippen LogP contribution in [0.1, 0.15) is 23.3 Å². The van der Waals surface area contributed by atoms with Gasteiger partial charge in [-0.2, -0.15) is 0 Å². The van der Waals surface area contributed by atoms with E-state index in [4.69, 9.17) is 23.1 Å². The Kier molecular flexibility index (Phi) is 3.83. The quantitative estimate of drug-likeness (QED) is 0.603. The van der Waals surface area contributed by atoms with Crippen molar-refractivity contribution in [2.45, 2.75) is 18.9 Å². The zero-order valence-electron chi connectivity index (χ0n) is 9.74. The number of nitrogens with two attached hydrogens (primary N) is 2. The lowest BCUT2D eigenvalue weighted by Crippen LogP contribution is -2.37. The number of nitrogen functional groups attached to an aromatic ring is 2. The predicted octanol–water partition coefficient (Wildman–Crippen LogP) is -0.224. The van der Waals surface area contributed by atoms with Gasteiger partial charge in [0, 0.05) is 12.6 Å². The Labute approximate surface area is 109 Å². The first-order valence-corrected chi connectivity index (χ1v) is 6.06. The summed E-state index contributed by atoms with van der Waals surface area (Å²) < 4.78 is 0. The molecule has 1 atom stereocenters. The highest BCUT2D eigenvalue weighted by Crippen LogP contribution is 2.17. The van der Waals surface area contributed by atoms with E-state index in [0.29, 0.717) is 12.6 Å². The van der Waals surface area contributed by atoms with Crippen LogP contribution in [0.5, 0.6) is 0 Å². The maximum atomic E-state index is 11.9. The van der Waals surface area contributed by atoms with Crippen molar-refractivity contribution in [3.05, 3.63) is 10.8 Å². The molecule has 0 bridgehead atoms. The lowest BCUT2D eigenvalue weighted by molar-refractivity contribution is 0.0946. The number of halogens is 1. The summed E-state index contributed by atoms with van der Waals surface area (Å²) in [6.07, 6.45) is 2.17. The van der Waals surface area contributed by atoms with Crippen LogP contribution in [0.2, 0.25) is 5.15 Å². The standard InChI is InChI=1S/C10H15ClN6O/c11-7-9(13)17-8(12)6(16-7)10(18)15-4-5-2-1-3-14-5/h5,14H,1-4H2,(H,15,18)(H4,12,13,17)/t5-/m1/s1. The molecule has 2 heterocycles. The van der Waals surface area contributed by atoms with Crippen LogP contribution in [0.4, 0.5) is 11.6 Å². The Hall–Kier alpha value is -1.60. The fourth-order valence-corrected chi connectivity index (χ4v) is 1.97. The van der Waals surface area contributed by atoms with Crippen LogP contribution >= 0.6 is 11.6 Å². The Morgan fingerprint density at radius 2 is 2.22 bits per heavy atom. The number of carbonyl (C=O) groups excluding carboxylic acids is 1. The minimum Gasteiger partial charge on any atom is -0.382 e. The fraction of sp³-hybridized carbons (Fsp3) is 0.500. The van der Waals surface area contributed by atoms with Gasteiger partial charge in [0.15, 0.2) is 22.5 Å². The van der Waals surface area contributed by atoms with Gasteiger partial charge in [-0.1, -0.05) is 11.6 Å². The van der Waals surface area contributed by atoms with Gasteiger partial charge >= 0.3 is 0 Å². The van der Waals surface area contributed by atoms with E-state index >= 15 is 0 Å². The molecule has 1 aromatic heterocycles. The molecule has 1 aromatic rings. The number of hydrogen-bond acceptors (Lipinski definition) is 6. The average Bonchev–Trinajstić information content (AvgIpc) is 2.84. The molecule has 0 aliphatic carbocycles. The summed E-state index contributed by atoms with van der Waals surface area (Å²) >= 11 is 5.71. The molecule has 0 radical (unpaired) electrons. The largest absolute Gasteiger partial charge is 0.382 e. The van der Waals surface area contributed by atoms with E-state index in [1.807, 2.05) is 0 Å². The number of rotatable bonds is 3. The number of nitrogens with one attached hydrogen (secondary N) is 2. The smallest absolute Gasteiger partial charge is 0.273 e. The van der Waals surface area contributed by atoms with Gasteiger partial charge in [-0.15, -0.1) is 0 Å². The van der Waals surface area contributed by atoms with Crippen molar-refractivity contribution >= 4 is 29.1 Å². The second-order valence-electron chi connectivity index (χ2n) is 4.14. The van der Waals surface area contributed by atoms with Gasteiger partial charge in [-0.3, -0.25) is 4.79 Å². The van der Waals surface area contributed by atoms with E-state index in [9.17, 15) is 4.79 Å². The molecule has 0 spiro atoms. The third-order valence-electron chi connectivity index (χ3n) is 2.79. The zero-order valence-corrected chi connectivity index (χ0v) is 10.5. The summed E-state index contributed by atoms with van der Waals surface area (Å²) in [6.45, 7) is 1.51. The molecule has 0 unspecified atom stereocenters. The number of amides is 1. The van der Waals surface area contributed by atoms with Crippen LogP contribution < -0.4 is 22.1 Å². The minimum atomic E-state index is -0.393. The first-order valence-electron chi connectivity index (χ1n) is 5.68. The number of nitrogens with zero attached hydrogens (tertiary/aromatic N) is 2. The Balaban J connectivity index is 2.01. The molecule has 18 heavy (non-hydrogen) atoms. The molecular formula is C10H15ClN6O. The molecule has 1 aliphatic heterocycles. The van der Waals surface area contributed by atoms with E-state index < -0.39 is 5.91 Å². The molecule has 2 rings (SSSR count). The van der Waals surface area contributed by atoms with Crippen LogP contribution in [-0.4, -0.2) is 35.0 Å². The second kappa shape index (κ2) is 5.36. The molecule has 98 valence electrons. The highest BCUT2D eigenvalue weighted by atomic mass is 35.5. The average molecular weight is 271 g/mol. The van der Waals surface area contributed by atoms with Crippen molar-refractivity contribution in [1.82, 2.24) is 20.6 Å². The second-order valence-corrected chi connectivity index (χ2v) is 4.49. The lowest BCUT2D eigenvalue weighted by atomic mass is 10.2. The van der Waals surface area contributed by atoms with Gasteiger partial charge in [0.25, 0.3) is 5.91 Å². The van der Waals surface area contributed by atoms with Crippen LogP contribution in [0.25, 0.3) is 0 Å². The summed E-state index contributed by atoms with van der Waals surface area (Å²) in [5.74, 6) is -0.396. The van der Waals surface area contributed by atoms with Crippen molar-refractivity contribution < 1.29 is 4.79 Å². The Morgan fingerprint density at radius 3 is 2.89 bits per heavy atom. The predicted molar refractivity (Wildman–Crippen MR) is 69.2 cm³/mol. The van der Waals surface area contributed by atoms with Gasteiger partial charge in [0.05, 0.1) is 0 Å². The first kappa shape index (κ1) is 12.8. The van der Waals surface area contributed by atoms with E-state index in [1.54, 1.807) is 0 Å². The summed E-state index contributed by atoms with van der Waals surface area (Å²) in [6, 6.07) is 0.299. The summed E-state index contributed by atoms with van der Waals surface area (Å²) in [5, 5.41) is 6.00. The maximum Gasteiger partial charge on any atom is 0.273 e. The Morgan fingerprint density at radius 1 is 1.44 bits per heavy atom. The van der Waals surface area contributed by atoms with Crippen molar-refractivity contribution in [2.75, 3.05) is 24.6 Å². The first-order chi connectivity index (χ1) is 8.58. The molecule has 1 amide bonds. The van der Waals surface area contributed by atoms with Gasteiger partial charge < -0.3 is 22.1 Å². The van der Waals surface area contributed by atoms with Crippen LogP contribution in [-0.2, 0) is 0 Å². The molecule has 1 saturated heterocycles. The monoisotopic (exact) mass is 270 g/mol. The summed E-state index contributed by atoms with van der Waals surface area (Å²) in [7, 11) is 0. The van der Waals surface area contributed by atoms with Crippen molar-refractivity contribution in [1.29, 1.82) is 0 Å². The minimum absolute atomic E-state index is 0.00666. The van der Waals surface area contributed by atoms with Gasteiger partial charge in [-0.25, -0.2) is 9.97 Å². The topological polar surface area (TPSA) is 119 Å². The molecule has 1 aliphatic rings. The van der Waals surface area contributed by atoms with Crippen molar-refractivity contribution in [3.8, 4) is 0 Å². The van der Waals surface area contributed by atoms with Gasteiger partial charge in [0.2, 0.25) is 0 Å². The summed E-state index contributed by atoms with van der Waals surface area (Å²) in [4.78, 5) is 19.5. The molecule has 6 N–H and O–H groups in total. The number of hydrogen-bond donors (Lipinski definition) is 4. The highest BCUT2D eigenvalue weighted by molar-refractivity contribution is 6.31. The Bertz CT molecular complexity index is 460. The molecule has 0 saturated carbocycles. The summed E-state index contributed by atoms with van der Waals surface area (Å²) in [5.41, 5.74) is 11.0. The SMILES string of the molecule is Nc1nc(N)c(C(=O)NC[C@H]2CCCN2)nc1Cl. The van der Waals surface area contributed by atoms with Crippen molar-refractivity contribution in [2.24, 2.45) is 0 Å². The maximum absolute atomic E-state index is 11.9. The fourth-order valence-electron chi connectivity index (χ4n) is 1.84. The van der Waals surface area contributed by atoms with Crippen molar-refractivity contribution in [3.63, 3.8) is 0 Å². The zero-order chi connectivity index (χ0) is 13.1. The molecule has 1 fully saturated rings. The third kappa shape index (κ3) is 2.80. The number of anilines is 2. The molecule has 7 nitrogen and oxygen atoms in total. The van der Waals surface area contributed by atoms with E-state index in [2.05, 4.69) is 20.6 Å². The van der Waals surface area contributed by atoms with Gasteiger partial charge in [-0.05, 0) is 19.4 Å². The van der Waals surface area contributed by atoms with Crippen LogP contribution in [0.15, 0.2) is 0 Å².